The first kappa shape index (κ1) is 27.0. The summed E-state index contributed by atoms with van der Waals surface area (Å²) >= 11 is 1.30. The van der Waals surface area contributed by atoms with Crippen molar-refractivity contribution in [1.29, 1.82) is 0 Å². The number of aromatic nitrogens is 1. The Bertz CT molecular complexity index is 1620. The average molecular weight is 561 g/mol. The minimum Gasteiger partial charge on any atom is -0.507 e. The van der Waals surface area contributed by atoms with E-state index in [0.29, 0.717) is 44.8 Å². The summed E-state index contributed by atoms with van der Waals surface area (Å²) in [6, 6.07) is 14.8. The van der Waals surface area contributed by atoms with Crippen LogP contribution in [0, 0.1) is 0 Å². The van der Waals surface area contributed by atoms with E-state index in [0.717, 1.165) is 16.7 Å². The number of rotatable bonds is 8. The predicted molar refractivity (Wildman–Crippen MR) is 153 cm³/mol. The van der Waals surface area contributed by atoms with Crippen molar-refractivity contribution in [2.75, 3.05) is 33.3 Å². The van der Waals surface area contributed by atoms with Crippen LogP contribution in [0.1, 0.15) is 29.7 Å². The monoisotopic (exact) mass is 560 g/mol. The van der Waals surface area contributed by atoms with Crippen LogP contribution in [0.4, 0.5) is 5.13 Å². The van der Waals surface area contributed by atoms with E-state index >= 15 is 0 Å². The van der Waals surface area contributed by atoms with Gasteiger partial charge in [-0.1, -0.05) is 24.3 Å². The number of hydrogen-bond donors (Lipinski definition) is 1. The first-order chi connectivity index (χ1) is 19.3. The number of nitrogens with zero attached hydrogens (tertiary/aromatic N) is 2. The summed E-state index contributed by atoms with van der Waals surface area (Å²) in [7, 11) is 5.98. The van der Waals surface area contributed by atoms with Crippen molar-refractivity contribution in [3.8, 4) is 23.0 Å². The van der Waals surface area contributed by atoms with Crippen LogP contribution in [0.15, 0.2) is 60.2 Å². The van der Waals surface area contributed by atoms with E-state index in [1.807, 2.05) is 18.2 Å². The molecule has 40 heavy (non-hydrogen) atoms. The van der Waals surface area contributed by atoms with Crippen molar-refractivity contribution in [2.45, 2.75) is 19.4 Å². The molecule has 0 bridgehead atoms. The van der Waals surface area contributed by atoms with Crippen LogP contribution in [-0.4, -0.2) is 50.2 Å². The number of aryl methyl sites for hydroxylation is 1. The third-order valence-corrected chi connectivity index (χ3v) is 7.88. The molecule has 206 valence electrons. The SMILES string of the molecule is CCc1ccc2nc(N3C(=O)C(=O)/C(=C(/O)c4ccc(OC)cc4)[C@@H]3c3cc(OC)c(OC)c(OC)c3)sc2c1. The van der Waals surface area contributed by atoms with Gasteiger partial charge in [0.1, 0.15) is 11.5 Å². The van der Waals surface area contributed by atoms with Gasteiger partial charge in [-0.15, -0.1) is 0 Å². The molecule has 0 aliphatic carbocycles. The second-order valence-electron chi connectivity index (χ2n) is 9.01. The number of hydrogen-bond acceptors (Lipinski definition) is 9. The summed E-state index contributed by atoms with van der Waals surface area (Å²) < 4.78 is 22.7. The molecule has 0 unspecified atom stereocenters. The number of fused-ring (bicyclic) bond motifs is 1. The van der Waals surface area contributed by atoms with E-state index < -0.39 is 17.7 Å². The number of ketones is 1. The van der Waals surface area contributed by atoms with Crippen molar-refractivity contribution in [3.63, 3.8) is 0 Å². The van der Waals surface area contributed by atoms with Crippen LogP contribution < -0.4 is 23.8 Å². The zero-order valence-corrected chi connectivity index (χ0v) is 23.5. The van der Waals surface area contributed by atoms with Crippen LogP contribution in [0.5, 0.6) is 23.0 Å². The van der Waals surface area contributed by atoms with Crippen LogP contribution >= 0.6 is 11.3 Å². The fourth-order valence-corrected chi connectivity index (χ4v) is 5.84. The number of carbonyl (C=O) groups excluding carboxylic acids is 2. The Morgan fingerprint density at radius 3 is 2.17 bits per heavy atom. The van der Waals surface area contributed by atoms with Gasteiger partial charge in [0, 0.05) is 5.56 Å². The molecule has 10 heteroatoms. The normalized spacial score (nSPS) is 16.4. The highest BCUT2D eigenvalue weighted by atomic mass is 32.1. The van der Waals surface area contributed by atoms with Gasteiger partial charge >= 0.3 is 5.91 Å². The Labute approximate surface area is 235 Å². The number of ether oxygens (including phenoxy) is 4. The lowest BCUT2D eigenvalue weighted by molar-refractivity contribution is -0.132. The molecule has 0 saturated carbocycles. The highest BCUT2D eigenvalue weighted by Gasteiger charge is 2.48. The molecule has 1 amide bonds. The maximum absolute atomic E-state index is 13.7. The lowest BCUT2D eigenvalue weighted by atomic mass is 9.94. The highest BCUT2D eigenvalue weighted by Crippen LogP contribution is 2.48. The second kappa shape index (κ2) is 10.9. The van der Waals surface area contributed by atoms with E-state index in [9.17, 15) is 14.7 Å². The number of thiazole rings is 1. The molecule has 4 aromatic rings. The van der Waals surface area contributed by atoms with Crippen molar-refractivity contribution in [2.24, 2.45) is 0 Å². The number of Topliss-reactive ketones (excluding diaryl/α,β-unsaturated/α-hetero) is 1. The Hall–Kier alpha value is -4.57. The molecule has 9 nitrogen and oxygen atoms in total. The maximum atomic E-state index is 13.7. The van der Waals surface area contributed by atoms with Crippen LogP contribution in [0.2, 0.25) is 0 Å². The van der Waals surface area contributed by atoms with Gasteiger partial charge in [-0.05, 0) is 66.1 Å². The van der Waals surface area contributed by atoms with Crippen LogP contribution in [0.3, 0.4) is 0 Å². The van der Waals surface area contributed by atoms with Gasteiger partial charge in [0.25, 0.3) is 5.78 Å². The molecule has 1 fully saturated rings. The number of aliphatic hydroxyl groups is 1. The topological polar surface area (TPSA) is 107 Å². The van der Waals surface area contributed by atoms with E-state index in [4.69, 9.17) is 23.9 Å². The molecule has 1 saturated heterocycles. The van der Waals surface area contributed by atoms with Crippen molar-refractivity contribution in [1.82, 2.24) is 4.98 Å². The molecular formula is C30H28N2O7S. The highest BCUT2D eigenvalue weighted by molar-refractivity contribution is 7.22. The summed E-state index contributed by atoms with van der Waals surface area (Å²) in [4.78, 5) is 33.3. The van der Waals surface area contributed by atoms with Gasteiger partial charge < -0.3 is 24.1 Å². The third-order valence-electron chi connectivity index (χ3n) is 6.87. The molecule has 1 aromatic heterocycles. The molecule has 0 radical (unpaired) electrons. The molecule has 1 aliphatic rings. The number of aliphatic hydroxyl groups excluding tert-OH is 1. The molecule has 5 rings (SSSR count). The minimum atomic E-state index is -1.03. The summed E-state index contributed by atoms with van der Waals surface area (Å²) in [5, 5.41) is 11.8. The Balaban J connectivity index is 1.76. The zero-order chi connectivity index (χ0) is 28.6. The van der Waals surface area contributed by atoms with Gasteiger partial charge in [-0.2, -0.15) is 0 Å². The quantitative estimate of drug-likeness (QED) is 0.171. The lowest BCUT2D eigenvalue weighted by Gasteiger charge is -2.24. The summed E-state index contributed by atoms with van der Waals surface area (Å²) in [5.41, 5.74) is 2.58. The van der Waals surface area contributed by atoms with Crippen molar-refractivity contribution >= 4 is 44.1 Å². The summed E-state index contributed by atoms with van der Waals surface area (Å²) in [6.45, 7) is 2.06. The van der Waals surface area contributed by atoms with Crippen LogP contribution in [0.25, 0.3) is 16.0 Å². The first-order valence-corrected chi connectivity index (χ1v) is 13.3. The van der Waals surface area contributed by atoms with Crippen LogP contribution in [-0.2, 0) is 16.0 Å². The van der Waals surface area contributed by atoms with E-state index in [2.05, 4.69) is 6.92 Å². The second-order valence-corrected chi connectivity index (χ2v) is 10.0. The maximum Gasteiger partial charge on any atom is 0.301 e. The van der Waals surface area contributed by atoms with E-state index in [1.54, 1.807) is 36.4 Å². The minimum absolute atomic E-state index is 0.0852. The fraction of sp³-hybridized carbons (Fsp3) is 0.233. The molecule has 2 heterocycles. The van der Waals surface area contributed by atoms with E-state index in [1.165, 1.54) is 44.7 Å². The van der Waals surface area contributed by atoms with Gasteiger partial charge in [0.2, 0.25) is 5.75 Å². The Morgan fingerprint density at radius 1 is 0.925 bits per heavy atom. The lowest BCUT2D eigenvalue weighted by Crippen LogP contribution is -2.29. The number of methoxy groups -OCH3 is 4. The number of anilines is 1. The first-order valence-electron chi connectivity index (χ1n) is 12.5. The Kier molecular flexibility index (Phi) is 7.36. The summed E-state index contributed by atoms with van der Waals surface area (Å²) in [5.74, 6) is -0.347. The largest absolute Gasteiger partial charge is 0.507 e. The molecule has 0 spiro atoms. The predicted octanol–water partition coefficient (Wildman–Crippen LogP) is 5.52. The summed E-state index contributed by atoms with van der Waals surface area (Å²) in [6.07, 6.45) is 0.848. The van der Waals surface area contributed by atoms with E-state index in [-0.39, 0.29) is 11.3 Å². The van der Waals surface area contributed by atoms with Crippen molar-refractivity contribution in [3.05, 3.63) is 76.9 Å². The molecule has 1 aliphatic heterocycles. The molecule has 1 atom stereocenters. The smallest absolute Gasteiger partial charge is 0.301 e. The van der Waals surface area contributed by atoms with Gasteiger partial charge in [-0.25, -0.2) is 4.98 Å². The van der Waals surface area contributed by atoms with Gasteiger partial charge in [0.05, 0.1) is 50.3 Å². The van der Waals surface area contributed by atoms with Gasteiger partial charge in [0.15, 0.2) is 16.6 Å². The standard InChI is InChI=1S/C30H28N2O7S/c1-6-16-7-12-20-23(13-16)40-30(31-20)32-25(18-14-21(37-3)28(39-5)22(15-18)38-4)24(27(34)29(32)35)26(33)17-8-10-19(36-2)11-9-17/h7-15,25,33H,6H2,1-5H3/b26-24+/t25-/m0/s1. The zero-order valence-electron chi connectivity index (χ0n) is 22.7. The molecule has 1 N–H and O–H groups in total. The Morgan fingerprint density at radius 2 is 1.60 bits per heavy atom. The average Bonchev–Trinajstić information content (AvgIpc) is 3.53. The number of benzene rings is 3. The number of carbonyl (C=O) groups is 2. The van der Waals surface area contributed by atoms with Crippen molar-refractivity contribution < 1.29 is 33.6 Å². The molecular weight excluding hydrogens is 532 g/mol. The van der Waals surface area contributed by atoms with Gasteiger partial charge in [-0.3, -0.25) is 14.5 Å². The number of amides is 1. The fourth-order valence-electron chi connectivity index (χ4n) is 4.79. The third kappa shape index (κ3) is 4.50. The molecule has 3 aromatic carbocycles.